The second-order valence-corrected chi connectivity index (χ2v) is 4.60. The fourth-order valence-electron chi connectivity index (χ4n) is 2.10. The van der Waals surface area contributed by atoms with E-state index in [9.17, 15) is 10.1 Å². The summed E-state index contributed by atoms with van der Waals surface area (Å²) in [5, 5.41) is 12.0. The number of fused-ring (bicyclic) bond motifs is 1. The van der Waals surface area contributed by atoms with Crippen LogP contribution in [0.25, 0.3) is 11.7 Å². The molecule has 0 fully saturated rings. The Bertz CT molecular complexity index is 888. The number of imidazole rings is 1. The van der Waals surface area contributed by atoms with E-state index in [4.69, 9.17) is 0 Å². The molecule has 3 rings (SSSR count). The number of aromatic nitrogens is 2. The molecule has 0 unspecified atom stereocenters. The van der Waals surface area contributed by atoms with Crippen molar-refractivity contribution >= 4 is 23.3 Å². The predicted octanol–water partition coefficient (Wildman–Crippen LogP) is 2.88. The van der Waals surface area contributed by atoms with Crippen molar-refractivity contribution in [3.8, 4) is 6.07 Å². The quantitative estimate of drug-likeness (QED) is 0.595. The number of hydrogen-bond acceptors (Lipinski definition) is 3. The first kappa shape index (κ1) is 13.6. The van der Waals surface area contributed by atoms with Crippen molar-refractivity contribution in [3.05, 3.63) is 72.2 Å². The molecule has 0 aliphatic carbocycles. The summed E-state index contributed by atoms with van der Waals surface area (Å²) >= 11 is 0. The van der Waals surface area contributed by atoms with Crippen LogP contribution in [-0.4, -0.2) is 15.3 Å². The van der Waals surface area contributed by atoms with E-state index >= 15 is 0 Å². The third-order valence-electron chi connectivity index (χ3n) is 3.15. The highest BCUT2D eigenvalue weighted by Gasteiger charge is 2.10. The lowest BCUT2D eigenvalue weighted by Crippen LogP contribution is -2.13. The van der Waals surface area contributed by atoms with E-state index in [0.717, 1.165) is 11.3 Å². The highest BCUT2D eigenvalue weighted by molar-refractivity contribution is 6.09. The molecule has 1 aromatic carbocycles. The van der Waals surface area contributed by atoms with Gasteiger partial charge in [0.15, 0.2) is 0 Å². The Labute approximate surface area is 127 Å². The first-order valence-electron chi connectivity index (χ1n) is 6.68. The van der Waals surface area contributed by atoms with Gasteiger partial charge in [0.1, 0.15) is 17.3 Å². The van der Waals surface area contributed by atoms with Crippen molar-refractivity contribution in [3.63, 3.8) is 0 Å². The largest absolute Gasteiger partial charge is 0.321 e. The Kier molecular flexibility index (Phi) is 3.67. The van der Waals surface area contributed by atoms with Gasteiger partial charge in [0.25, 0.3) is 5.91 Å². The molecule has 1 amide bonds. The van der Waals surface area contributed by atoms with Gasteiger partial charge in [-0.3, -0.25) is 4.79 Å². The number of para-hydroxylation sites is 1. The lowest BCUT2D eigenvalue weighted by molar-refractivity contribution is -0.112. The molecule has 3 aromatic rings. The number of amides is 1. The highest BCUT2D eigenvalue weighted by atomic mass is 16.1. The maximum Gasteiger partial charge on any atom is 0.266 e. The summed E-state index contributed by atoms with van der Waals surface area (Å²) in [6, 6.07) is 16.5. The number of pyridine rings is 1. The second kappa shape index (κ2) is 5.94. The van der Waals surface area contributed by atoms with Crippen molar-refractivity contribution in [1.82, 2.24) is 9.38 Å². The zero-order valence-corrected chi connectivity index (χ0v) is 11.6. The average Bonchev–Trinajstić information content (AvgIpc) is 3.02. The molecule has 0 radical (unpaired) electrons. The smallest absolute Gasteiger partial charge is 0.266 e. The summed E-state index contributed by atoms with van der Waals surface area (Å²) in [7, 11) is 0. The summed E-state index contributed by atoms with van der Waals surface area (Å²) in [6.45, 7) is 0. The Balaban J connectivity index is 1.92. The maximum absolute atomic E-state index is 12.2. The first-order valence-corrected chi connectivity index (χ1v) is 6.68. The monoisotopic (exact) mass is 288 g/mol. The molecule has 0 aliphatic heterocycles. The van der Waals surface area contributed by atoms with Crippen molar-refractivity contribution in [2.24, 2.45) is 0 Å². The maximum atomic E-state index is 12.2. The van der Waals surface area contributed by atoms with Crippen LogP contribution in [-0.2, 0) is 4.79 Å². The molecular formula is C17H12N4O. The predicted molar refractivity (Wildman–Crippen MR) is 83.9 cm³/mol. The van der Waals surface area contributed by atoms with Gasteiger partial charge in [0, 0.05) is 23.8 Å². The van der Waals surface area contributed by atoms with Gasteiger partial charge < -0.3 is 9.72 Å². The average molecular weight is 288 g/mol. The van der Waals surface area contributed by atoms with Crippen LogP contribution < -0.4 is 5.32 Å². The van der Waals surface area contributed by atoms with Crippen molar-refractivity contribution in [2.45, 2.75) is 0 Å². The molecule has 2 heterocycles. The molecule has 0 saturated heterocycles. The topological polar surface area (TPSA) is 70.2 Å². The van der Waals surface area contributed by atoms with Gasteiger partial charge in [-0.1, -0.05) is 24.3 Å². The molecule has 2 aromatic heterocycles. The normalized spacial score (nSPS) is 11.1. The van der Waals surface area contributed by atoms with E-state index in [-0.39, 0.29) is 5.57 Å². The molecule has 5 heteroatoms. The van der Waals surface area contributed by atoms with Gasteiger partial charge in [-0.2, -0.15) is 5.26 Å². The SMILES string of the molecule is N#C/C(=C\c1cccc2nccn12)C(=O)Nc1ccccc1. The van der Waals surface area contributed by atoms with E-state index < -0.39 is 5.91 Å². The van der Waals surface area contributed by atoms with Gasteiger partial charge in [-0.25, -0.2) is 4.98 Å². The number of anilines is 1. The number of nitrogens with one attached hydrogen (secondary N) is 1. The van der Waals surface area contributed by atoms with E-state index in [0.29, 0.717) is 5.69 Å². The number of carbonyl (C=O) groups is 1. The summed E-state index contributed by atoms with van der Waals surface area (Å²) in [5.41, 5.74) is 2.16. The lowest BCUT2D eigenvalue weighted by atomic mass is 10.2. The van der Waals surface area contributed by atoms with Crippen LogP contribution in [0.3, 0.4) is 0 Å². The molecule has 22 heavy (non-hydrogen) atoms. The van der Waals surface area contributed by atoms with Gasteiger partial charge in [-0.05, 0) is 30.3 Å². The van der Waals surface area contributed by atoms with Crippen LogP contribution in [0.4, 0.5) is 5.69 Å². The molecule has 0 atom stereocenters. The van der Waals surface area contributed by atoms with Gasteiger partial charge in [0.2, 0.25) is 0 Å². The van der Waals surface area contributed by atoms with E-state index in [1.807, 2.05) is 46.9 Å². The second-order valence-electron chi connectivity index (χ2n) is 4.60. The number of nitrogens with zero attached hydrogens (tertiary/aromatic N) is 3. The summed E-state index contributed by atoms with van der Waals surface area (Å²) < 4.78 is 1.81. The van der Waals surface area contributed by atoms with Crippen LogP contribution >= 0.6 is 0 Å². The van der Waals surface area contributed by atoms with Crippen LogP contribution in [0.5, 0.6) is 0 Å². The minimum atomic E-state index is -0.439. The van der Waals surface area contributed by atoms with E-state index in [2.05, 4.69) is 10.3 Å². The highest BCUT2D eigenvalue weighted by Crippen LogP contribution is 2.12. The Morgan fingerprint density at radius 1 is 1.18 bits per heavy atom. The zero-order chi connectivity index (χ0) is 15.4. The number of carbonyl (C=O) groups excluding carboxylic acids is 1. The van der Waals surface area contributed by atoms with E-state index in [1.165, 1.54) is 0 Å². The summed E-state index contributed by atoms with van der Waals surface area (Å²) in [5.74, 6) is -0.439. The first-order chi connectivity index (χ1) is 10.8. The standard InChI is InChI=1S/C17H12N4O/c18-12-13(17(22)20-14-5-2-1-3-6-14)11-15-7-4-8-16-19-9-10-21(15)16/h1-11H,(H,20,22)/b13-11+. The van der Waals surface area contributed by atoms with Crippen LogP contribution in [0, 0.1) is 11.3 Å². The molecule has 0 aliphatic rings. The third kappa shape index (κ3) is 2.72. The van der Waals surface area contributed by atoms with Crippen molar-refractivity contribution in [2.75, 3.05) is 5.32 Å². The van der Waals surface area contributed by atoms with Crippen molar-refractivity contribution < 1.29 is 4.79 Å². The molecule has 5 nitrogen and oxygen atoms in total. The van der Waals surface area contributed by atoms with Gasteiger partial charge >= 0.3 is 0 Å². The number of hydrogen-bond donors (Lipinski definition) is 1. The van der Waals surface area contributed by atoms with Gasteiger partial charge in [0.05, 0.1) is 0 Å². The van der Waals surface area contributed by atoms with Gasteiger partial charge in [-0.15, -0.1) is 0 Å². The lowest BCUT2D eigenvalue weighted by Gasteiger charge is -2.04. The molecule has 106 valence electrons. The van der Waals surface area contributed by atoms with Crippen LogP contribution in [0.2, 0.25) is 0 Å². The number of benzene rings is 1. The summed E-state index contributed by atoms with van der Waals surface area (Å²) in [4.78, 5) is 16.4. The summed E-state index contributed by atoms with van der Waals surface area (Å²) in [6.07, 6.45) is 5.00. The molecule has 0 spiro atoms. The third-order valence-corrected chi connectivity index (χ3v) is 3.15. The molecule has 0 saturated carbocycles. The van der Waals surface area contributed by atoms with E-state index in [1.54, 1.807) is 30.6 Å². The fraction of sp³-hybridized carbons (Fsp3) is 0. The molecular weight excluding hydrogens is 276 g/mol. The van der Waals surface area contributed by atoms with Crippen molar-refractivity contribution in [1.29, 1.82) is 5.26 Å². The molecule has 1 N–H and O–H groups in total. The molecule has 0 bridgehead atoms. The minimum Gasteiger partial charge on any atom is -0.321 e. The van der Waals surface area contributed by atoms with Crippen LogP contribution in [0.15, 0.2) is 66.5 Å². The van der Waals surface area contributed by atoms with Crippen LogP contribution in [0.1, 0.15) is 5.69 Å². The zero-order valence-electron chi connectivity index (χ0n) is 11.6. The Hall–Kier alpha value is -3.39. The number of rotatable bonds is 3. The Morgan fingerprint density at radius 3 is 2.77 bits per heavy atom. The Morgan fingerprint density at radius 2 is 2.00 bits per heavy atom. The fourth-order valence-corrected chi connectivity index (χ4v) is 2.10. The number of nitriles is 1. The minimum absolute atomic E-state index is 0.0325.